The summed E-state index contributed by atoms with van der Waals surface area (Å²) in [4.78, 5) is 42.3. The van der Waals surface area contributed by atoms with Crippen LogP contribution in [0.25, 0.3) is 17.1 Å². The fourth-order valence-corrected chi connectivity index (χ4v) is 3.41. The molecular weight excluding hydrogens is 412 g/mol. The van der Waals surface area contributed by atoms with Gasteiger partial charge in [-0.3, -0.25) is 18.7 Å². The van der Waals surface area contributed by atoms with Gasteiger partial charge in [0.05, 0.1) is 19.9 Å². The second kappa shape index (κ2) is 9.09. The highest BCUT2D eigenvalue weighted by molar-refractivity contribution is 6.07. The Bertz CT molecular complexity index is 1330. The molecule has 0 atom stereocenters. The zero-order chi connectivity index (χ0) is 23.6. The SMILES string of the molecule is COc1ccc(/C=C\C(=O)Nc2c(C(C)C)cnc3c2c(=O)n(C)c(=O)n3C)cc1OC. The van der Waals surface area contributed by atoms with E-state index in [0.29, 0.717) is 22.7 Å². The molecule has 3 aromatic rings. The maximum atomic E-state index is 12.9. The highest BCUT2D eigenvalue weighted by Crippen LogP contribution is 2.29. The molecule has 3 rings (SSSR count). The first-order chi connectivity index (χ1) is 15.2. The molecule has 0 aliphatic heterocycles. The number of carbonyl (C=O) groups excluding carboxylic acids is 1. The Morgan fingerprint density at radius 3 is 2.41 bits per heavy atom. The van der Waals surface area contributed by atoms with Crippen molar-refractivity contribution in [3.63, 3.8) is 0 Å². The van der Waals surface area contributed by atoms with Crippen molar-refractivity contribution >= 4 is 28.7 Å². The second-order valence-electron chi connectivity index (χ2n) is 7.58. The van der Waals surface area contributed by atoms with E-state index in [0.717, 1.165) is 10.1 Å². The molecule has 2 heterocycles. The zero-order valence-corrected chi connectivity index (χ0v) is 18.9. The highest BCUT2D eigenvalue weighted by atomic mass is 16.5. The Morgan fingerprint density at radius 2 is 1.78 bits per heavy atom. The molecule has 32 heavy (non-hydrogen) atoms. The highest BCUT2D eigenvalue weighted by Gasteiger charge is 2.19. The maximum Gasteiger partial charge on any atom is 0.332 e. The molecule has 1 N–H and O–H groups in total. The third kappa shape index (κ3) is 4.14. The van der Waals surface area contributed by atoms with Crippen LogP contribution in [-0.4, -0.2) is 34.2 Å². The summed E-state index contributed by atoms with van der Waals surface area (Å²) in [7, 11) is 6.02. The number of anilines is 1. The molecular formula is C23H26N4O5. The number of fused-ring (bicyclic) bond motifs is 1. The summed E-state index contributed by atoms with van der Waals surface area (Å²) in [6, 6.07) is 5.28. The lowest BCUT2D eigenvalue weighted by Crippen LogP contribution is -2.38. The number of hydrogen-bond donors (Lipinski definition) is 1. The topological polar surface area (TPSA) is 104 Å². The summed E-state index contributed by atoms with van der Waals surface area (Å²) in [5.41, 5.74) is 0.987. The number of methoxy groups -OCH3 is 2. The molecule has 0 aliphatic rings. The van der Waals surface area contributed by atoms with Crippen molar-refractivity contribution in [2.24, 2.45) is 14.1 Å². The van der Waals surface area contributed by atoms with E-state index in [1.54, 1.807) is 37.6 Å². The maximum absolute atomic E-state index is 12.9. The number of nitrogens with zero attached hydrogens (tertiary/aromatic N) is 3. The average Bonchev–Trinajstić information content (AvgIpc) is 2.79. The molecule has 0 aliphatic carbocycles. The van der Waals surface area contributed by atoms with Gasteiger partial charge in [-0.1, -0.05) is 19.9 Å². The third-order valence-electron chi connectivity index (χ3n) is 5.20. The fourth-order valence-electron chi connectivity index (χ4n) is 3.41. The number of benzene rings is 1. The summed E-state index contributed by atoms with van der Waals surface area (Å²) in [6.07, 6.45) is 4.58. The molecule has 0 radical (unpaired) electrons. The van der Waals surface area contributed by atoms with Gasteiger partial charge in [0.2, 0.25) is 5.91 Å². The van der Waals surface area contributed by atoms with Crippen LogP contribution in [0.5, 0.6) is 11.5 Å². The van der Waals surface area contributed by atoms with Crippen LogP contribution in [0.4, 0.5) is 5.69 Å². The Labute approximate surface area is 184 Å². The first-order valence-electron chi connectivity index (χ1n) is 9.99. The predicted molar refractivity (Wildman–Crippen MR) is 124 cm³/mol. The van der Waals surface area contributed by atoms with Gasteiger partial charge < -0.3 is 14.8 Å². The summed E-state index contributed by atoms with van der Waals surface area (Å²) < 4.78 is 12.8. The monoisotopic (exact) mass is 438 g/mol. The lowest BCUT2D eigenvalue weighted by atomic mass is 10.0. The van der Waals surface area contributed by atoms with Gasteiger partial charge in [-0.05, 0) is 35.3 Å². The number of hydrogen-bond acceptors (Lipinski definition) is 6. The molecule has 9 heteroatoms. The quantitative estimate of drug-likeness (QED) is 0.593. The van der Waals surface area contributed by atoms with Crippen molar-refractivity contribution in [1.29, 1.82) is 0 Å². The van der Waals surface area contributed by atoms with E-state index in [2.05, 4.69) is 10.3 Å². The summed E-state index contributed by atoms with van der Waals surface area (Å²) >= 11 is 0. The Balaban J connectivity index is 2.05. The first-order valence-corrected chi connectivity index (χ1v) is 9.99. The molecule has 0 saturated heterocycles. The standard InChI is InChI=1S/C23H26N4O5/c1-13(2)15-12-24-21-19(22(29)27(4)23(30)26(21)3)20(15)25-18(28)10-8-14-7-9-16(31-5)17(11-14)32-6/h7-13H,1-6H3,(H,24,25,28)/b10-8-. The minimum atomic E-state index is -0.516. The number of amides is 1. The van der Waals surface area contributed by atoms with E-state index in [1.165, 1.54) is 31.8 Å². The molecule has 0 unspecified atom stereocenters. The smallest absolute Gasteiger partial charge is 0.332 e. The van der Waals surface area contributed by atoms with Crippen LogP contribution in [0, 0.1) is 0 Å². The predicted octanol–water partition coefficient (Wildman–Crippen LogP) is 2.42. The normalized spacial score (nSPS) is 11.3. The molecule has 2 aromatic heterocycles. The first kappa shape index (κ1) is 22.8. The van der Waals surface area contributed by atoms with E-state index in [4.69, 9.17) is 9.47 Å². The summed E-state index contributed by atoms with van der Waals surface area (Å²) in [6.45, 7) is 3.87. The summed E-state index contributed by atoms with van der Waals surface area (Å²) in [5, 5.41) is 3.01. The Kier molecular flexibility index (Phi) is 6.47. The van der Waals surface area contributed by atoms with Crippen LogP contribution in [0.2, 0.25) is 0 Å². The Hall–Kier alpha value is -3.88. The third-order valence-corrected chi connectivity index (χ3v) is 5.20. The van der Waals surface area contributed by atoms with Gasteiger partial charge in [-0.15, -0.1) is 0 Å². The van der Waals surface area contributed by atoms with Crippen LogP contribution in [0.15, 0.2) is 40.1 Å². The minimum absolute atomic E-state index is 0.0148. The van der Waals surface area contributed by atoms with Crippen molar-refractivity contribution < 1.29 is 14.3 Å². The molecule has 9 nitrogen and oxygen atoms in total. The molecule has 0 fully saturated rings. The number of aryl methyl sites for hydroxylation is 1. The molecule has 0 bridgehead atoms. The van der Waals surface area contributed by atoms with Gasteiger partial charge >= 0.3 is 5.69 Å². The fraction of sp³-hybridized carbons (Fsp3) is 0.304. The van der Waals surface area contributed by atoms with E-state index < -0.39 is 17.2 Å². The van der Waals surface area contributed by atoms with Gasteiger partial charge in [0, 0.05) is 26.4 Å². The van der Waals surface area contributed by atoms with Crippen molar-refractivity contribution in [3.8, 4) is 11.5 Å². The molecule has 168 valence electrons. The molecule has 0 spiro atoms. The van der Waals surface area contributed by atoms with Crippen LogP contribution < -0.4 is 26.0 Å². The van der Waals surface area contributed by atoms with Crippen LogP contribution >= 0.6 is 0 Å². The second-order valence-corrected chi connectivity index (χ2v) is 7.58. The van der Waals surface area contributed by atoms with Gasteiger partial charge in [-0.25, -0.2) is 9.78 Å². The van der Waals surface area contributed by atoms with Crippen molar-refractivity contribution in [2.75, 3.05) is 19.5 Å². The van der Waals surface area contributed by atoms with Gasteiger partial charge in [0.15, 0.2) is 17.1 Å². The Morgan fingerprint density at radius 1 is 1.09 bits per heavy atom. The van der Waals surface area contributed by atoms with E-state index in [-0.39, 0.29) is 17.0 Å². The van der Waals surface area contributed by atoms with Crippen LogP contribution in [0.3, 0.4) is 0 Å². The van der Waals surface area contributed by atoms with Gasteiger partial charge in [0.1, 0.15) is 5.39 Å². The van der Waals surface area contributed by atoms with Crippen molar-refractivity contribution in [2.45, 2.75) is 19.8 Å². The molecule has 1 aromatic carbocycles. The van der Waals surface area contributed by atoms with E-state index in [9.17, 15) is 14.4 Å². The number of carbonyl (C=O) groups is 1. The number of rotatable bonds is 6. The van der Waals surface area contributed by atoms with Crippen molar-refractivity contribution in [3.05, 3.63) is 62.4 Å². The zero-order valence-electron chi connectivity index (χ0n) is 18.9. The number of aromatic nitrogens is 3. The number of pyridine rings is 1. The van der Waals surface area contributed by atoms with E-state index >= 15 is 0 Å². The minimum Gasteiger partial charge on any atom is -0.493 e. The average molecular weight is 438 g/mol. The lowest BCUT2D eigenvalue weighted by Gasteiger charge is -2.16. The van der Waals surface area contributed by atoms with Crippen LogP contribution in [0.1, 0.15) is 30.9 Å². The lowest BCUT2D eigenvalue weighted by molar-refractivity contribution is -0.111. The van der Waals surface area contributed by atoms with E-state index in [1.807, 2.05) is 13.8 Å². The van der Waals surface area contributed by atoms with Gasteiger partial charge in [-0.2, -0.15) is 0 Å². The summed E-state index contributed by atoms with van der Waals surface area (Å²) in [5.74, 6) is 0.686. The van der Waals surface area contributed by atoms with Crippen molar-refractivity contribution in [1.82, 2.24) is 14.1 Å². The number of ether oxygens (including phenoxy) is 2. The number of nitrogens with one attached hydrogen (secondary N) is 1. The van der Waals surface area contributed by atoms with Crippen LogP contribution in [-0.2, 0) is 18.9 Å². The van der Waals surface area contributed by atoms with Gasteiger partial charge in [0.25, 0.3) is 5.56 Å². The largest absolute Gasteiger partial charge is 0.493 e. The molecule has 0 saturated carbocycles. The molecule has 1 amide bonds.